The zero-order chi connectivity index (χ0) is 22.7. The molecule has 1 unspecified atom stereocenters. The topological polar surface area (TPSA) is 94.6 Å². The molecule has 0 amide bonds. The van der Waals surface area contributed by atoms with E-state index >= 15 is 0 Å². The summed E-state index contributed by atoms with van der Waals surface area (Å²) < 4.78 is 16.6. The Morgan fingerprint density at radius 2 is 1.94 bits per heavy atom. The summed E-state index contributed by atoms with van der Waals surface area (Å²) in [5.74, 6) is 0.986. The van der Waals surface area contributed by atoms with Crippen molar-refractivity contribution < 1.29 is 19.0 Å². The van der Waals surface area contributed by atoms with Gasteiger partial charge < -0.3 is 19.9 Å². The van der Waals surface area contributed by atoms with Gasteiger partial charge in [0.25, 0.3) is 0 Å². The molecular formula is C25H22N2O4S. The predicted molar refractivity (Wildman–Crippen MR) is 122 cm³/mol. The van der Waals surface area contributed by atoms with Gasteiger partial charge >= 0.3 is 5.97 Å². The van der Waals surface area contributed by atoms with Gasteiger partial charge in [-0.2, -0.15) is 5.26 Å². The molecule has 1 aliphatic heterocycles. The van der Waals surface area contributed by atoms with Crippen LogP contribution in [0.4, 0.5) is 0 Å². The number of fused-ring (bicyclic) bond motifs is 1. The molecule has 0 spiro atoms. The fourth-order valence-electron chi connectivity index (χ4n) is 3.50. The minimum atomic E-state index is -0.537. The summed E-state index contributed by atoms with van der Waals surface area (Å²) in [5.41, 5.74) is 8.36. The van der Waals surface area contributed by atoms with Gasteiger partial charge in [-0.15, -0.1) is 11.3 Å². The Balaban J connectivity index is 1.46. The van der Waals surface area contributed by atoms with Crippen LogP contribution in [0, 0.1) is 11.3 Å². The molecule has 162 valence electrons. The lowest BCUT2D eigenvalue weighted by Crippen LogP contribution is -2.21. The third kappa shape index (κ3) is 4.46. The summed E-state index contributed by atoms with van der Waals surface area (Å²) in [4.78, 5) is 13.3. The van der Waals surface area contributed by atoms with E-state index in [2.05, 4.69) is 19.9 Å². The summed E-state index contributed by atoms with van der Waals surface area (Å²) in [6, 6.07) is 18.7. The smallest absolute Gasteiger partial charge is 0.349 e. The number of ether oxygens (including phenoxy) is 3. The average Bonchev–Trinajstić information content (AvgIpc) is 3.31. The van der Waals surface area contributed by atoms with Crippen LogP contribution >= 0.6 is 11.3 Å². The summed E-state index contributed by atoms with van der Waals surface area (Å²) in [6.45, 7) is 4.00. The second kappa shape index (κ2) is 9.16. The number of nitrogens with zero attached hydrogens (tertiary/aromatic N) is 1. The summed E-state index contributed by atoms with van der Waals surface area (Å²) >= 11 is 1.54. The largest absolute Gasteiger partial charge is 0.482 e. The molecule has 0 aliphatic carbocycles. The van der Waals surface area contributed by atoms with E-state index in [0.29, 0.717) is 28.7 Å². The molecule has 0 saturated heterocycles. The van der Waals surface area contributed by atoms with Crippen molar-refractivity contribution in [3.8, 4) is 23.3 Å². The van der Waals surface area contributed by atoms with Crippen molar-refractivity contribution in [2.75, 3.05) is 6.61 Å². The molecule has 0 fully saturated rings. The maximum absolute atomic E-state index is 12.3. The number of hydrogen-bond acceptors (Lipinski definition) is 7. The molecule has 1 atom stereocenters. The molecule has 4 rings (SSSR count). The first-order valence-corrected chi connectivity index (χ1v) is 11.0. The van der Waals surface area contributed by atoms with E-state index < -0.39 is 5.97 Å². The van der Waals surface area contributed by atoms with Crippen LogP contribution in [-0.2, 0) is 4.79 Å². The number of hydrogen-bond donors (Lipinski definition) is 1. The first kappa shape index (κ1) is 21.5. The Hall–Kier alpha value is -3.76. The maximum Gasteiger partial charge on any atom is 0.349 e. The monoisotopic (exact) mass is 446 g/mol. The van der Waals surface area contributed by atoms with Crippen LogP contribution in [0.3, 0.4) is 0 Å². The lowest BCUT2D eigenvalue weighted by molar-refractivity contribution is -0.136. The standard InChI is InChI=1S/C25H22N2O4S/c1-15(2)16-5-7-17(8-6-16)29-14-23(28)30-18-9-10-19-21(12-18)31-25(27)20(13-26)24(19)22-4-3-11-32-22/h3-12,15,24H,14,27H2,1-2H3. The van der Waals surface area contributed by atoms with Crippen molar-refractivity contribution in [1.29, 1.82) is 5.26 Å². The van der Waals surface area contributed by atoms with Crippen molar-refractivity contribution in [3.63, 3.8) is 0 Å². The van der Waals surface area contributed by atoms with Crippen LogP contribution in [0.15, 0.2) is 71.4 Å². The zero-order valence-electron chi connectivity index (χ0n) is 17.7. The third-order valence-corrected chi connectivity index (χ3v) is 6.09. The molecule has 6 nitrogen and oxygen atoms in total. The molecule has 0 bridgehead atoms. The maximum atomic E-state index is 12.3. The van der Waals surface area contributed by atoms with E-state index in [0.717, 1.165) is 10.4 Å². The highest BCUT2D eigenvalue weighted by molar-refractivity contribution is 7.10. The number of benzene rings is 2. The summed E-state index contributed by atoms with van der Waals surface area (Å²) in [6.07, 6.45) is 0. The van der Waals surface area contributed by atoms with E-state index in [1.165, 1.54) is 16.9 Å². The number of nitrogens with two attached hydrogens (primary N) is 1. The number of rotatable bonds is 6. The Morgan fingerprint density at radius 1 is 1.19 bits per heavy atom. The second-order valence-electron chi connectivity index (χ2n) is 7.63. The van der Waals surface area contributed by atoms with Crippen LogP contribution in [-0.4, -0.2) is 12.6 Å². The first-order valence-electron chi connectivity index (χ1n) is 10.1. The molecule has 2 heterocycles. The van der Waals surface area contributed by atoms with Crippen molar-refractivity contribution >= 4 is 17.3 Å². The van der Waals surface area contributed by atoms with E-state index in [1.54, 1.807) is 18.2 Å². The quantitative estimate of drug-likeness (QED) is 0.419. The van der Waals surface area contributed by atoms with E-state index in [9.17, 15) is 10.1 Å². The van der Waals surface area contributed by atoms with Gasteiger partial charge in [0, 0.05) is 16.5 Å². The van der Waals surface area contributed by atoms with Gasteiger partial charge in [-0.25, -0.2) is 4.79 Å². The zero-order valence-corrected chi connectivity index (χ0v) is 18.5. The van der Waals surface area contributed by atoms with Crippen LogP contribution in [0.2, 0.25) is 0 Å². The minimum Gasteiger partial charge on any atom is -0.482 e. The Kier molecular flexibility index (Phi) is 6.15. The molecule has 2 aromatic carbocycles. The minimum absolute atomic E-state index is 0.0510. The van der Waals surface area contributed by atoms with Crippen molar-refractivity contribution in [2.24, 2.45) is 5.73 Å². The van der Waals surface area contributed by atoms with E-state index in [4.69, 9.17) is 19.9 Å². The molecule has 1 aliphatic rings. The second-order valence-corrected chi connectivity index (χ2v) is 8.61. The van der Waals surface area contributed by atoms with E-state index in [1.807, 2.05) is 41.8 Å². The highest BCUT2D eigenvalue weighted by Crippen LogP contribution is 2.44. The SMILES string of the molecule is CC(C)c1ccc(OCC(=O)Oc2ccc3c(c2)OC(N)=C(C#N)C3c2cccs2)cc1. The Morgan fingerprint density at radius 3 is 2.59 bits per heavy atom. The third-order valence-electron chi connectivity index (χ3n) is 5.15. The molecule has 3 aromatic rings. The van der Waals surface area contributed by atoms with Gasteiger partial charge in [0.15, 0.2) is 6.61 Å². The van der Waals surface area contributed by atoms with Gasteiger partial charge in [-0.1, -0.05) is 38.1 Å². The molecule has 0 saturated carbocycles. The van der Waals surface area contributed by atoms with Crippen molar-refractivity contribution in [2.45, 2.75) is 25.7 Å². The van der Waals surface area contributed by atoms with Gasteiger partial charge in [0.2, 0.25) is 5.88 Å². The molecule has 2 N–H and O–H groups in total. The number of carbonyl (C=O) groups is 1. The predicted octanol–water partition coefficient (Wildman–Crippen LogP) is 5.07. The van der Waals surface area contributed by atoms with Crippen LogP contribution in [0.5, 0.6) is 17.2 Å². The van der Waals surface area contributed by atoms with Gasteiger partial charge in [0.1, 0.15) is 28.9 Å². The number of thiophene rings is 1. The van der Waals surface area contributed by atoms with Crippen LogP contribution in [0.1, 0.15) is 41.7 Å². The molecule has 0 radical (unpaired) electrons. The normalized spacial score (nSPS) is 15.0. The summed E-state index contributed by atoms with van der Waals surface area (Å²) in [7, 11) is 0. The van der Waals surface area contributed by atoms with Gasteiger partial charge in [-0.3, -0.25) is 0 Å². The Bertz CT molecular complexity index is 1190. The van der Waals surface area contributed by atoms with Crippen molar-refractivity contribution in [1.82, 2.24) is 0 Å². The average molecular weight is 447 g/mol. The fraction of sp³-hybridized carbons (Fsp3) is 0.200. The van der Waals surface area contributed by atoms with Gasteiger partial charge in [0.05, 0.1) is 5.92 Å². The Labute approximate surface area is 190 Å². The number of carbonyl (C=O) groups excluding carboxylic acids is 1. The number of allylic oxidation sites excluding steroid dienone is 1. The van der Waals surface area contributed by atoms with Crippen LogP contribution < -0.4 is 19.9 Å². The summed E-state index contributed by atoms with van der Waals surface area (Å²) in [5, 5.41) is 11.5. The molecule has 7 heteroatoms. The number of esters is 1. The lowest BCUT2D eigenvalue weighted by atomic mass is 9.88. The highest BCUT2D eigenvalue weighted by Gasteiger charge is 2.31. The van der Waals surface area contributed by atoms with Crippen LogP contribution in [0.25, 0.3) is 0 Å². The molecule has 1 aromatic heterocycles. The van der Waals surface area contributed by atoms with Crippen molar-refractivity contribution in [3.05, 3.63) is 87.4 Å². The lowest BCUT2D eigenvalue weighted by Gasteiger charge is -2.25. The number of nitriles is 1. The highest BCUT2D eigenvalue weighted by atomic mass is 32.1. The molecule has 32 heavy (non-hydrogen) atoms. The first-order chi connectivity index (χ1) is 15.5. The van der Waals surface area contributed by atoms with E-state index in [-0.39, 0.29) is 18.4 Å². The molecular weight excluding hydrogens is 424 g/mol. The van der Waals surface area contributed by atoms with Gasteiger partial charge in [-0.05, 0) is 41.1 Å². The fourth-order valence-corrected chi connectivity index (χ4v) is 4.35.